The number of carboxylic acids is 1. The van der Waals surface area contributed by atoms with Gasteiger partial charge in [0.05, 0.1) is 31.0 Å². The van der Waals surface area contributed by atoms with Crippen LogP contribution in [-0.2, 0) is 6.42 Å². The molecule has 1 unspecified atom stereocenters. The van der Waals surface area contributed by atoms with Gasteiger partial charge in [-0.25, -0.2) is 4.79 Å². The van der Waals surface area contributed by atoms with Gasteiger partial charge in [0.15, 0.2) is 17.3 Å². The average molecular weight is 460 g/mol. The third-order valence-corrected chi connectivity index (χ3v) is 6.43. The van der Waals surface area contributed by atoms with Crippen molar-refractivity contribution in [3.63, 3.8) is 0 Å². The predicted octanol–water partition coefficient (Wildman–Crippen LogP) is 5.32. The highest BCUT2D eigenvalue weighted by Gasteiger charge is 2.34. The van der Waals surface area contributed by atoms with Crippen LogP contribution < -0.4 is 9.47 Å². The molecular weight excluding hydrogens is 434 g/mol. The number of nitrogens with zero attached hydrogens (tertiary/aromatic N) is 3. The summed E-state index contributed by atoms with van der Waals surface area (Å²) in [5, 5.41) is 13.4. The number of carboxylic acid groups (broad SMARTS) is 1. The molecule has 0 bridgehead atoms. The van der Waals surface area contributed by atoms with E-state index in [0.29, 0.717) is 23.2 Å². The van der Waals surface area contributed by atoms with E-state index in [1.807, 2.05) is 24.3 Å². The van der Waals surface area contributed by atoms with Crippen molar-refractivity contribution in [3.8, 4) is 45.3 Å². The molecule has 0 spiro atoms. The number of aromatic nitrogens is 3. The first-order valence-corrected chi connectivity index (χ1v) is 11.0. The molecule has 2 aromatic carbocycles. The zero-order valence-corrected chi connectivity index (χ0v) is 19.7. The molecule has 4 aromatic rings. The first-order valence-electron chi connectivity index (χ1n) is 11.0. The second kappa shape index (κ2) is 8.06. The number of aromatic carboxylic acids is 1. The predicted molar refractivity (Wildman–Crippen MR) is 127 cm³/mol. The van der Waals surface area contributed by atoms with Crippen molar-refractivity contribution in [1.82, 2.24) is 14.7 Å². The van der Waals surface area contributed by atoms with Crippen LogP contribution in [0.5, 0.6) is 11.5 Å². The fraction of sp³-hybridized carbons (Fsp3) is 0.269. The molecule has 0 radical (unpaired) electrons. The first kappa shape index (κ1) is 21.8. The van der Waals surface area contributed by atoms with Crippen LogP contribution in [0.1, 0.15) is 40.4 Å². The van der Waals surface area contributed by atoms with Crippen LogP contribution in [-0.4, -0.2) is 40.0 Å². The fourth-order valence-electron chi connectivity index (χ4n) is 4.98. The Balaban J connectivity index is 1.85. The summed E-state index contributed by atoms with van der Waals surface area (Å²) in [5.41, 5.74) is 7.02. The van der Waals surface area contributed by atoms with Crippen molar-refractivity contribution in [2.45, 2.75) is 33.2 Å². The molecule has 0 saturated heterocycles. The molecule has 0 amide bonds. The van der Waals surface area contributed by atoms with Crippen LogP contribution in [0.3, 0.4) is 0 Å². The van der Waals surface area contributed by atoms with E-state index in [0.717, 1.165) is 45.6 Å². The van der Waals surface area contributed by atoms with Gasteiger partial charge in [0, 0.05) is 22.9 Å². The van der Waals surface area contributed by atoms with E-state index in [9.17, 15) is 9.90 Å². The lowest BCUT2D eigenvalue weighted by molar-refractivity contribution is 0.0697. The van der Waals surface area contributed by atoms with Crippen LogP contribution in [0.2, 0.25) is 0 Å². The zero-order valence-electron chi connectivity index (χ0n) is 19.7. The van der Waals surface area contributed by atoms with Gasteiger partial charge in [0.25, 0.3) is 5.89 Å². The molecule has 1 atom stereocenters. The van der Waals surface area contributed by atoms with Crippen LogP contribution >= 0.6 is 0 Å². The summed E-state index contributed by atoms with van der Waals surface area (Å²) in [4.78, 5) is 16.0. The molecule has 0 fully saturated rings. The highest BCUT2D eigenvalue weighted by atomic mass is 16.5. The van der Waals surface area contributed by atoms with Crippen molar-refractivity contribution in [2.75, 3.05) is 14.2 Å². The molecule has 34 heavy (non-hydrogen) atoms. The molecule has 0 aliphatic carbocycles. The quantitative estimate of drug-likeness (QED) is 0.431. The minimum Gasteiger partial charge on any atom is -0.493 e. The Labute approximate surface area is 196 Å². The Kier molecular flexibility index (Phi) is 5.16. The Hall–Kier alpha value is -4.07. The Morgan fingerprint density at radius 2 is 1.76 bits per heavy atom. The number of hydrogen-bond donors (Lipinski definition) is 1. The molecular formula is C26H25N3O5. The molecule has 5 rings (SSSR count). The van der Waals surface area contributed by atoms with E-state index in [2.05, 4.69) is 28.6 Å². The second-order valence-electron chi connectivity index (χ2n) is 8.50. The summed E-state index contributed by atoms with van der Waals surface area (Å²) in [5.74, 6) is 1.32. The SMILES string of the molecule is COc1cc2c(cc1OC)-c1c(-c3nc(C)no3)c(-c3ccc(C(=O)O)cc3)c(C)n1C(C)C2. The fourth-order valence-corrected chi connectivity index (χ4v) is 4.98. The largest absolute Gasteiger partial charge is 0.493 e. The van der Waals surface area contributed by atoms with Crippen LogP contribution in [0, 0.1) is 13.8 Å². The Morgan fingerprint density at radius 1 is 1.09 bits per heavy atom. The van der Waals surface area contributed by atoms with E-state index in [4.69, 9.17) is 14.0 Å². The number of ether oxygens (including phenoxy) is 2. The molecule has 1 aliphatic heterocycles. The highest BCUT2D eigenvalue weighted by Crippen LogP contribution is 2.50. The van der Waals surface area contributed by atoms with E-state index in [1.54, 1.807) is 33.3 Å². The summed E-state index contributed by atoms with van der Waals surface area (Å²) in [6, 6.07) is 11.1. The summed E-state index contributed by atoms with van der Waals surface area (Å²) in [6.07, 6.45) is 0.817. The molecule has 8 nitrogen and oxygen atoms in total. The maximum atomic E-state index is 11.4. The van der Waals surface area contributed by atoms with Gasteiger partial charge >= 0.3 is 5.97 Å². The summed E-state index contributed by atoms with van der Waals surface area (Å²) in [6.45, 7) is 6.03. The minimum absolute atomic E-state index is 0.162. The molecule has 174 valence electrons. The van der Waals surface area contributed by atoms with Crippen LogP contribution in [0.25, 0.3) is 33.8 Å². The van der Waals surface area contributed by atoms with Gasteiger partial charge < -0.3 is 23.7 Å². The number of methoxy groups -OCH3 is 2. The van der Waals surface area contributed by atoms with Gasteiger partial charge in [0.2, 0.25) is 0 Å². The van der Waals surface area contributed by atoms with Gasteiger partial charge in [-0.2, -0.15) is 4.98 Å². The first-order chi connectivity index (χ1) is 16.3. The highest BCUT2D eigenvalue weighted by molar-refractivity contribution is 5.96. The van der Waals surface area contributed by atoms with Crippen molar-refractivity contribution in [2.24, 2.45) is 0 Å². The van der Waals surface area contributed by atoms with Gasteiger partial charge in [-0.1, -0.05) is 17.3 Å². The number of rotatable bonds is 5. The van der Waals surface area contributed by atoms with Crippen LogP contribution in [0.15, 0.2) is 40.9 Å². The molecule has 0 saturated carbocycles. The van der Waals surface area contributed by atoms with Gasteiger partial charge in [-0.15, -0.1) is 0 Å². The number of carbonyl (C=O) groups is 1. The third-order valence-electron chi connectivity index (χ3n) is 6.43. The molecule has 2 aromatic heterocycles. The van der Waals surface area contributed by atoms with Crippen molar-refractivity contribution in [3.05, 3.63) is 59.0 Å². The van der Waals surface area contributed by atoms with E-state index >= 15 is 0 Å². The van der Waals surface area contributed by atoms with Crippen LogP contribution in [0.4, 0.5) is 0 Å². The minimum atomic E-state index is -0.962. The Morgan fingerprint density at radius 3 is 2.35 bits per heavy atom. The van der Waals surface area contributed by atoms with E-state index in [-0.39, 0.29) is 11.6 Å². The molecule has 3 heterocycles. The summed E-state index contributed by atoms with van der Waals surface area (Å²) in [7, 11) is 3.26. The number of fused-ring (bicyclic) bond motifs is 3. The summed E-state index contributed by atoms with van der Waals surface area (Å²) < 4.78 is 19.1. The maximum absolute atomic E-state index is 11.4. The number of hydrogen-bond acceptors (Lipinski definition) is 6. The lowest BCUT2D eigenvalue weighted by Gasteiger charge is -2.28. The molecule has 8 heteroatoms. The van der Waals surface area contributed by atoms with Gasteiger partial charge in [-0.3, -0.25) is 0 Å². The number of benzene rings is 2. The standard InChI is InChI=1S/C26H25N3O5/c1-13-10-18-11-20(32-4)21(33-5)12-19(18)24-23(25-27-15(3)28-34-25)22(14(2)29(13)24)16-6-8-17(9-7-16)26(30)31/h6-9,11-13H,10H2,1-5H3,(H,30,31). The van der Waals surface area contributed by atoms with E-state index < -0.39 is 5.97 Å². The second-order valence-corrected chi connectivity index (χ2v) is 8.50. The normalized spacial score (nSPS) is 14.4. The lowest BCUT2D eigenvalue weighted by atomic mass is 9.91. The number of aryl methyl sites for hydroxylation is 1. The monoisotopic (exact) mass is 459 g/mol. The van der Waals surface area contributed by atoms with Crippen molar-refractivity contribution in [1.29, 1.82) is 0 Å². The zero-order chi connectivity index (χ0) is 24.1. The smallest absolute Gasteiger partial charge is 0.335 e. The van der Waals surface area contributed by atoms with Crippen molar-refractivity contribution >= 4 is 5.97 Å². The van der Waals surface area contributed by atoms with Crippen molar-refractivity contribution < 1.29 is 23.9 Å². The Bertz CT molecular complexity index is 1420. The lowest BCUT2D eigenvalue weighted by Crippen LogP contribution is -2.17. The topological polar surface area (TPSA) is 99.6 Å². The summed E-state index contributed by atoms with van der Waals surface area (Å²) >= 11 is 0. The molecule has 1 aliphatic rings. The van der Waals surface area contributed by atoms with Gasteiger partial charge in [0.1, 0.15) is 0 Å². The van der Waals surface area contributed by atoms with Gasteiger partial charge in [-0.05, 0) is 62.6 Å². The molecule has 1 N–H and O–H groups in total. The third kappa shape index (κ3) is 3.25. The van der Waals surface area contributed by atoms with E-state index in [1.165, 1.54) is 0 Å². The maximum Gasteiger partial charge on any atom is 0.335 e. The average Bonchev–Trinajstić information content (AvgIpc) is 3.39.